The molecule has 0 aliphatic carbocycles. The number of esters is 1. The Balaban J connectivity index is 1.40. The Labute approximate surface area is 156 Å². The summed E-state index contributed by atoms with van der Waals surface area (Å²) in [6.07, 6.45) is 2.40. The van der Waals surface area contributed by atoms with Crippen molar-refractivity contribution in [1.29, 1.82) is 0 Å². The van der Waals surface area contributed by atoms with Crippen LogP contribution < -0.4 is 10.1 Å². The summed E-state index contributed by atoms with van der Waals surface area (Å²) in [4.78, 5) is 24.7. The zero-order valence-electron chi connectivity index (χ0n) is 15.0. The normalized spacial score (nSPS) is 15.7. The molecule has 1 aromatic heterocycles. The third kappa shape index (κ3) is 3.38. The third-order valence-corrected chi connectivity index (χ3v) is 4.74. The molecule has 1 atom stereocenters. The van der Waals surface area contributed by atoms with Crippen molar-refractivity contribution in [3.05, 3.63) is 65.9 Å². The van der Waals surface area contributed by atoms with Crippen LogP contribution >= 0.6 is 0 Å². The Morgan fingerprint density at radius 3 is 2.85 bits per heavy atom. The largest absolute Gasteiger partial charge is 0.493 e. The first kappa shape index (κ1) is 17.1. The number of nitrogens with zero attached hydrogens (tertiary/aromatic N) is 1. The van der Waals surface area contributed by atoms with Crippen LogP contribution in [-0.4, -0.2) is 29.7 Å². The Morgan fingerprint density at radius 1 is 1.19 bits per heavy atom. The number of aromatic nitrogens is 1. The lowest BCUT2D eigenvalue weighted by Crippen LogP contribution is -2.35. The zero-order valence-corrected chi connectivity index (χ0v) is 15.0. The molecule has 138 valence electrons. The van der Waals surface area contributed by atoms with Crippen LogP contribution in [-0.2, 0) is 16.6 Å². The maximum absolute atomic E-state index is 12.4. The van der Waals surface area contributed by atoms with Gasteiger partial charge in [0.2, 0.25) is 0 Å². The van der Waals surface area contributed by atoms with Gasteiger partial charge in [-0.25, -0.2) is 4.79 Å². The Bertz CT molecular complexity index is 1010. The van der Waals surface area contributed by atoms with Gasteiger partial charge in [-0.2, -0.15) is 0 Å². The molecule has 0 spiro atoms. The molecule has 0 saturated heterocycles. The van der Waals surface area contributed by atoms with E-state index in [-0.39, 0.29) is 18.6 Å². The zero-order chi connectivity index (χ0) is 18.8. The lowest BCUT2D eigenvalue weighted by molar-refractivity contribution is -0.125. The molecule has 6 heteroatoms. The number of fused-ring (bicyclic) bond motifs is 2. The van der Waals surface area contributed by atoms with Gasteiger partial charge in [-0.1, -0.05) is 36.4 Å². The van der Waals surface area contributed by atoms with Gasteiger partial charge in [-0.05, 0) is 12.1 Å². The van der Waals surface area contributed by atoms with Crippen molar-refractivity contribution in [2.75, 3.05) is 13.2 Å². The molecule has 1 amide bonds. The van der Waals surface area contributed by atoms with E-state index in [9.17, 15) is 9.59 Å². The van der Waals surface area contributed by atoms with Gasteiger partial charge >= 0.3 is 5.97 Å². The molecule has 4 rings (SSSR count). The molecule has 1 aliphatic heterocycles. The van der Waals surface area contributed by atoms with Crippen molar-refractivity contribution in [2.45, 2.75) is 12.5 Å². The maximum Gasteiger partial charge on any atom is 0.340 e. The number of rotatable bonds is 4. The Hall–Kier alpha value is -3.28. The third-order valence-electron chi connectivity index (χ3n) is 4.74. The predicted molar refractivity (Wildman–Crippen MR) is 101 cm³/mol. The molecule has 1 unspecified atom stereocenters. The number of amides is 1. The molecule has 27 heavy (non-hydrogen) atoms. The SMILES string of the molecule is Cn1cc(C(=O)OCC(=O)NC2CCOc3ccccc32)c2ccccc21. The first-order valence-electron chi connectivity index (χ1n) is 8.86. The van der Waals surface area contributed by atoms with Gasteiger partial charge < -0.3 is 19.4 Å². The molecule has 0 bridgehead atoms. The number of hydrogen-bond acceptors (Lipinski definition) is 4. The van der Waals surface area contributed by atoms with Crippen molar-refractivity contribution in [1.82, 2.24) is 9.88 Å². The van der Waals surface area contributed by atoms with E-state index in [1.807, 2.05) is 60.1 Å². The lowest BCUT2D eigenvalue weighted by Gasteiger charge is -2.26. The summed E-state index contributed by atoms with van der Waals surface area (Å²) in [6, 6.07) is 15.1. The van der Waals surface area contributed by atoms with E-state index in [2.05, 4.69) is 5.32 Å². The van der Waals surface area contributed by atoms with Crippen molar-refractivity contribution < 1.29 is 19.1 Å². The summed E-state index contributed by atoms with van der Waals surface area (Å²) < 4.78 is 12.7. The van der Waals surface area contributed by atoms with E-state index < -0.39 is 5.97 Å². The molecule has 0 fully saturated rings. The lowest BCUT2D eigenvalue weighted by atomic mass is 10.0. The second kappa shape index (κ2) is 7.15. The van der Waals surface area contributed by atoms with E-state index in [4.69, 9.17) is 9.47 Å². The highest BCUT2D eigenvalue weighted by Crippen LogP contribution is 2.31. The van der Waals surface area contributed by atoms with Crippen LogP contribution in [0.4, 0.5) is 0 Å². The van der Waals surface area contributed by atoms with Crippen LogP contribution in [0.25, 0.3) is 10.9 Å². The molecule has 3 aromatic rings. The second-order valence-electron chi connectivity index (χ2n) is 6.54. The number of hydrogen-bond donors (Lipinski definition) is 1. The quantitative estimate of drug-likeness (QED) is 0.723. The van der Waals surface area contributed by atoms with Crippen molar-refractivity contribution in [3.63, 3.8) is 0 Å². The first-order valence-corrected chi connectivity index (χ1v) is 8.86. The topological polar surface area (TPSA) is 69.6 Å². The van der Waals surface area contributed by atoms with Gasteiger partial charge in [0, 0.05) is 36.1 Å². The van der Waals surface area contributed by atoms with Gasteiger partial charge in [-0.15, -0.1) is 0 Å². The summed E-state index contributed by atoms with van der Waals surface area (Å²) in [6.45, 7) is 0.222. The average molecular weight is 364 g/mol. The van der Waals surface area contributed by atoms with Gasteiger partial charge in [0.25, 0.3) is 5.91 Å². The summed E-state index contributed by atoms with van der Waals surface area (Å²) in [5, 5.41) is 3.73. The molecule has 0 radical (unpaired) electrons. The fourth-order valence-corrected chi connectivity index (χ4v) is 3.44. The van der Waals surface area contributed by atoms with Crippen LogP contribution in [0.2, 0.25) is 0 Å². The highest BCUT2D eigenvalue weighted by Gasteiger charge is 2.23. The van der Waals surface area contributed by atoms with E-state index in [0.717, 1.165) is 22.2 Å². The fraction of sp³-hybridized carbons (Fsp3) is 0.238. The van der Waals surface area contributed by atoms with Crippen molar-refractivity contribution >= 4 is 22.8 Å². The van der Waals surface area contributed by atoms with Crippen molar-refractivity contribution in [2.24, 2.45) is 7.05 Å². The Kier molecular flexibility index (Phi) is 4.54. The van der Waals surface area contributed by atoms with Crippen LogP contribution in [0.3, 0.4) is 0 Å². The van der Waals surface area contributed by atoms with Crippen LogP contribution in [0.5, 0.6) is 5.75 Å². The van der Waals surface area contributed by atoms with Crippen LogP contribution in [0.15, 0.2) is 54.7 Å². The van der Waals surface area contributed by atoms with Gasteiger partial charge in [0.15, 0.2) is 6.61 Å². The van der Waals surface area contributed by atoms with Gasteiger partial charge in [-0.3, -0.25) is 4.79 Å². The summed E-state index contributed by atoms with van der Waals surface area (Å²) in [7, 11) is 1.87. The minimum atomic E-state index is -0.505. The number of carbonyl (C=O) groups excluding carboxylic acids is 2. The average Bonchev–Trinajstić information content (AvgIpc) is 3.04. The number of nitrogens with one attached hydrogen (secondary N) is 1. The molecular weight excluding hydrogens is 344 g/mol. The van der Waals surface area contributed by atoms with E-state index in [1.54, 1.807) is 6.20 Å². The van der Waals surface area contributed by atoms with E-state index in [1.165, 1.54) is 0 Å². The number of aryl methyl sites for hydroxylation is 1. The molecular formula is C21H20N2O4. The predicted octanol–water partition coefficient (Wildman–Crippen LogP) is 2.98. The highest BCUT2D eigenvalue weighted by atomic mass is 16.5. The van der Waals surface area contributed by atoms with Crippen LogP contribution in [0, 0.1) is 0 Å². The molecule has 0 saturated carbocycles. The van der Waals surface area contributed by atoms with Crippen molar-refractivity contribution in [3.8, 4) is 5.75 Å². The molecule has 2 heterocycles. The summed E-state index contributed by atoms with van der Waals surface area (Å²) >= 11 is 0. The maximum atomic E-state index is 12.4. The van der Waals surface area contributed by atoms with Gasteiger partial charge in [0.1, 0.15) is 5.75 Å². The summed E-state index contributed by atoms with van der Waals surface area (Å²) in [5.74, 6) is -0.0542. The number of benzene rings is 2. The fourth-order valence-electron chi connectivity index (χ4n) is 3.44. The summed E-state index contributed by atoms with van der Waals surface area (Å²) in [5.41, 5.74) is 2.34. The minimum Gasteiger partial charge on any atom is -0.493 e. The second-order valence-corrected chi connectivity index (χ2v) is 6.54. The minimum absolute atomic E-state index is 0.140. The number of carbonyl (C=O) groups is 2. The van der Waals surface area contributed by atoms with E-state index in [0.29, 0.717) is 18.6 Å². The standard InChI is InChI=1S/C21H20N2O4/c1-23-12-16(14-6-2-4-8-18(14)23)21(25)27-13-20(24)22-17-10-11-26-19-9-5-3-7-15(17)19/h2-9,12,17H,10-11,13H2,1H3,(H,22,24). The number of para-hydroxylation sites is 2. The molecule has 1 aliphatic rings. The Morgan fingerprint density at radius 2 is 1.96 bits per heavy atom. The highest BCUT2D eigenvalue weighted by molar-refractivity contribution is 6.04. The van der Waals surface area contributed by atoms with E-state index >= 15 is 0 Å². The van der Waals surface area contributed by atoms with Crippen LogP contribution in [0.1, 0.15) is 28.4 Å². The number of ether oxygens (including phenoxy) is 2. The molecule has 6 nitrogen and oxygen atoms in total. The van der Waals surface area contributed by atoms with Gasteiger partial charge in [0.05, 0.1) is 18.2 Å². The monoisotopic (exact) mass is 364 g/mol. The first-order chi connectivity index (χ1) is 13.1. The smallest absolute Gasteiger partial charge is 0.340 e. The molecule has 2 aromatic carbocycles. The molecule has 1 N–H and O–H groups in total.